The molecule has 2 atom stereocenters. The molecule has 5 heteroatoms. The Labute approximate surface area is 158 Å². The summed E-state index contributed by atoms with van der Waals surface area (Å²) in [4.78, 5) is 13.0. The van der Waals surface area contributed by atoms with Crippen molar-refractivity contribution in [3.05, 3.63) is 47.5 Å². The van der Waals surface area contributed by atoms with E-state index >= 15 is 0 Å². The number of anilines is 1. The number of hydrogen-bond donors (Lipinski definition) is 1. The van der Waals surface area contributed by atoms with Gasteiger partial charge in [-0.15, -0.1) is 0 Å². The van der Waals surface area contributed by atoms with E-state index in [1.807, 2.05) is 36.4 Å². The van der Waals surface area contributed by atoms with Crippen LogP contribution in [0.15, 0.2) is 36.4 Å². The summed E-state index contributed by atoms with van der Waals surface area (Å²) >= 11 is 0. The van der Waals surface area contributed by atoms with E-state index in [1.165, 1.54) is 0 Å². The number of hydrogen-bond acceptors (Lipinski definition) is 4. The van der Waals surface area contributed by atoms with E-state index in [-0.39, 0.29) is 24.0 Å². The molecule has 1 N–H and O–H groups in total. The maximum absolute atomic E-state index is 13.0. The number of rotatable bonds is 2. The number of ether oxygens (including phenoxy) is 3. The number of benzene rings is 2. The van der Waals surface area contributed by atoms with Gasteiger partial charge in [-0.05, 0) is 24.1 Å². The molecule has 27 heavy (non-hydrogen) atoms. The molecule has 3 aliphatic heterocycles. The van der Waals surface area contributed by atoms with Gasteiger partial charge >= 0.3 is 0 Å². The first-order valence-corrected chi connectivity index (χ1v) is 9.47. The minimum Gasteiger partial charge on any atom is -0.491 e. The van der Waals surface area contributed by atoms with E-state index in [2.05, 4.69) is 26.1 Å². The zero-order valence-electron chi connectivity index (χ0n) is 15.8. The van der Waals surface area contributed by atoms with Gasteiger partial charge in [0.15, 0.2) is 11.5 Å². The molecular weight excluding hydrogens is 342 g/mol. The fourth-order valence-electron chi connectivity index (χ4n) is 4.15. The summed E-state index contributed by atoms with van der Waals surface area (Å²) in [6.45, 7) is 7.33. The van der Waals surface area contributed by atoms with Crippen LogP contribution in [0.3, 0.4) is 0 Å². The summed E-state index contributed by atoms with van der Waals surface area (Å²) in [5, 5.41) is 3.00. The molecule has 5 rings (SSSR count). The highest BCUT2D eigenvalue weighted by Crippen LogP contribution is 2.53. The molecule has 0 fully saturated rings. The highest BCUT2D eigenvalue weighted by Gasteiger charge is 2.54. The first-order valence-electron chi connectivity index (χ1n) is 9.47. The smallest absolute Gasteiger partial charge is 0.243 e. The largest absolute Gasteiger partial charge is 0.491 e. The van der Waals surface area contributed by atoms with E-state index in [4.69, 9.17) is 14.2 Å². The normalized spacial score (nSPS) is 25.0. The third-order valence-corrected chi connectivity index (χ3v) is 6.41. The van der Waals surface area contributed by atoms with Crippen molar-refractivity contribution in [2.75, 3.05) is 18.5 Å². The molecule has 5 nitrogen and oxygen atoms in total. The maximum atomic E-state index is 13.0. The van der Waals surface area contributed by atoms with Crippen molar-refractivity contribution in [2.24, 2.45) is 5.41 Å². The molecule has 1 spiro atoms. The quantitative estimate of drug-likeness (QED) is 0.877. The minimum atomic E-state index is -0.822. The topological polar surface area (TPSA) is 56.8 Å². The summed E-state index contributed by atoms with van der Waals surface area (Å²) in [5.41, 5.74) is 1.83. The van der Waals surface area contributed by atoms with E-state index in [0.717, 1.165) is 23.2 Å². The van der Waals surface area contributed by atoms with E-state index < -0.39 is 5.41 Å². The molecule has 0 bridgehead atoms. The maximum Gasteiger partial charge on any atom is 0.243 e. The van der Waals surface area contributed by atoms with Crippen molar-refractivity contribution in [2.45, 2.75) is 38.7 Å². The van der Waals surface area contributed by atoms with Crippen LogP contribution in [-0.2, 0) is 10.2 Å². The molecule has 3 aliphatic rings. The fourth-order valence-corrected chi connectivity index (χ4v) is 4.15. The Bertz CT molecular complexity index is 951. The first-order chi connectivity index (χ1) is 13.0. The van der Waals surface area contributed by atoms with Crippen molar-refractivity contribution in [1.29, 1.82) is 0 Å². The zero-order chi connectivity index (χ0) is 18.8. The van der Waals surface area contributed by atoms with Gasteiger partial charge in [0.2, 0.25) is 5.91 Å². The van der Waals surface area contributed by atoms with Crippen LogP contribution in [0.2, 0.25) is 0 Å². The number of para-hydroxylation sites is 1. The number of carbonyl (C=O) groups is 1. The second-order valence-electron chi connectivity index (χ2n) is 8.25. The second kappa shape index (κ2) is 5.41. The van der Waals surface area contributed by atoms with Crippen LogP contribution in [0.5, 0.6) is 17.2 Å². The zero-order valence-corrected chi connectivity index (χ0v) is 15.8. The molecule has 1 amide bonds. The predicted molar refractivity (Wildman–Crippen MR) is 102 cm³/mol. The third kappa shape index (κ3) is 2.14. The van der Waals surface area contributed by atoms with Gasteiger partial charge in [-0.2, -0.15) is 0 Å². The molecule has 0 saturated carbocycles. The Hall–Kier alpha value is -2.69. The molecule has 2 aromatic rings. The Morgan fingerprint density at radius 3 is 2.74 bits per heavy atom. The van der Waals surface area contributed by atoms with E-state index in [9.17, 15) is 4.79 Å². The minimum absolute atomic E-state index is 0.00221. The molecule has 0 aliphatic carbocycles. The molecule has 0 saturated heterocycles. The van der Waals surface area contributed by atoms with Crippen molar-refractivity contribution >= 4 is 11.6 Å². The second-order valence-corrected chi connectivity index (χ2v) is 8.25. The SMILES string of the molecule is CCC(C)(C)[C@H]1COc2cc3c(cc2O1)C1(CO3)C(=O)Nc2ccccc21. The summed E-state index contributed by atoms with van der Waals surface area (Å²) in [6, 6.07) is 11.6. The highest BCUT2D eigenvalue weighted by molar-refractivity contribution is 6.09. The van der Waals surface area contributed by atoms with Gasteiger partial charge in [0.25, 0.3) is 0 Å². The number of amides is 1. The fraction of sp³-hybridized carbons (Fsp3) is 0.409. The third-order valence-electron chi connectivity index (χ3n) is 6.41. The van der Waals surface area contributed by atoms with E-state index in [0.29, 0.717) is 23.9 Å². The van der Waals surface area contributed by atoms with Crippen LogP contribution in [0.25, 0.3) is 0 Å². The number of carbonyl (C=O) groups excluding carboxylic acids is 1. The van der Waals surface area contributed by atoms with Gasteiger partial charge < -0.3 is 19.5 Å². The van der Waals surface area contributed by atoms with Gasteiger partial charge in [-0.1, -0.05) is 39.0 Å². The highest BCUT2D eigenvalue weighted by atomic mass is 16.6. The van der Waals surface area contributed by atoms with Gasteiger partial charge in [0, 0.05) is 22.7 Å². The lowest BCUT2D eigenvalue weighted by molar-refractivity contribution is -0.119. The Morgan fingerprint density at radius 1 is 1.11 bits per heavy atom. The van der Waals surface area contributed by atoms with Crippen molar-refractivity contribution < 1.29 is 19.0 Å². The van der Waals surface area contributed by atoms with Gasteiger partial charge in [-0.25, -0.2) is 0 Å². The summed E-state index contributed by atoms with van der Waals surface area (Å²) in [5.74, 6) is 2.01. The van der Waals surface area contributed by atoms with Crippen LogP contribution in [0, 0.1) is 5.41 Å². The van der Waals surface area contributed by atoms with Crippen LogP contribution in [-0.4, -0.2) is 25.2 Å². The lowest BCUT2D eigenvalue weighted by atomic mass is 9.77. The Balaban J connectivity index is 1.61. The van der Waals surface area contributed by atoms with Crippen molar-refractivity contribution in [1.82, 2.24) is 0 Å². The van der Waals surface area contributed by atoms with Crippen LogP contribution in [0.4, 0.5) is 5.69 Å². The predicted octanol–water partition coefficient (Wildman–Crippen LogP) is 3.89. The standard InChI is InChI=1S/C22H23NO4/c1-4-21(2,3)19-11-25-17-10-16-14(9-18(17)27-19)22(12-26-16)13-7-5-6-8-15(13)23-20(22)24/h5-10,19H,4,11-12H2,1-3H3,(H,23,24)/t19-,22?/m1/s1. The summed E-state index contributed by atoms with van der Waals surface area (Å²) < 4.78 is 18.3. The molecule has 0 aromatic heterocycles. The average molecular weight is 365 g/mol. The number of nitrogens with one attached hydrogen (secondary N) is 1. The van der Waals surface area contributed by atoms with Crippen LogP contribution < -0.4 is 19.5 Å². The molecule has 140 valence electrons. The van der Waals surface area contributed by atoms with Crippen molar-refractivity contribution in [3.8, 4) is 17.2 Å². The van der Waals surface area contributed by atoms with Gasteiger partial charge in [-0.3, -0.25) is 4.79 Å². The Kier molecular flexibility index (Phi) is 3.30. The monoisotopic (exact) mass is 365 g/mol. The summed E-state index contributed by atoms with van der Waals surface area (Å²) in [6.07, 6.45) is 0.959. The lowest BCUT2D eigenvalue weighted by Crippen LogP contribution is -2.41. The first kappa shape index (κ1) is 16.5. The Morgan fingerprint density at radius 2 is 1.93 bits per heavy atom. The molecule has 1 unspecified atom stereocenters. The van der Waals surface area contributed by atoms with Crippen molar-refractivity contribution in [3.63, 3.8) is 0 Å². The van der Waals surface area contributed by atoms with Crippen LogP contribution >= 0.6 is 0 Å². The summed E-state index contributed by atoms with van der Waals surface area (Å²) in [7, 11) is 0. The molecule has 3 heterocycles. The lowest BCUT2D eigenvalue weighted by Gasteiger charge is -2.37. The van der Waals surface area contributed by atoms with Gasteiger partial charge in [0.1, 0.15) is 30.5 Å². The van der Waals surface area contributed by atoms with Crippen LogP contribution in [0.1, 0.15) is 38.3 Å². The molecule has 0 radical (unpaired) electrons. The molecular formula is C22H23NO4. The average Bonchev–Trinajstić information content (AvgIpc) is 3.19. The molecule has 2 aromatic carbocycles. The van der Waals surface area contributed by atoms with E-state index in [1.54, 1.807) is 0 Å². The number of fused-ring (bicyclic) bond motifs is 5. The van der Waals surface area contributed by atoms with Gasteiger partial charge in [0.05, 0.1) is 0 Å².